The zero-order valence-corrected chi connectivity index (χ0v) is 11.1. The van der Waals surface area contributed by atoms with Crippen LogP contribution in [0.2, 0.25) is 0 Å². The van der Waals surface area contributed by atoms with Crippen molar-refractivity contribution < 1.29 is 4.79 Å². The summed E-state index contributed by atoms with van der Waals surface area (Å²) in [4.78, 5) is 16.3. The number of nitrogens with one attached hydrogen (secondary N) is 1. The Balaban J connectivity index is 1.92. The lowest BCUT2D eigenvalue weighted by Gasteiger charge is -1.98. The van der Waals surface area contributed by atoms with E-state index in [1.54, 1.807) is 6.08 Å². The van der Waals surface area contributed by atoms with Crippen molar-refractivity contribution in [2.24, 2.45) is 4.99 Å². The molecule has 2 aromatic rings. The van der Waals surface area contributed by atoms with Gasteiger partial charge in [0.05, 0.1) is 0 Å². The van der Waals surface area contributed by atoms with Crippen LogP contribution in [0.15, 0.2) is 65.3 Å². The lowest BCUT2D eigenvalue weighted by atomic mass is 10.1. The van der Waals surface area contributed by atoms with Crippen LogP contribution in [0, 0.1) is 6.92 Å². The lowest BCUT2D eigenvalue weighted by molar-refractivity contribution is -0.115. The topological polar surface area (TPSA) is 41.5 Å². The third-order valence-electron chi connectivity index (χ3n) is 3.12. The van der Waals surface area contributed by atoms with Crippen LogP contribution in [0.4, 0.5) is 0 Å². The molecule has 0 bridgehead atoms. The Hall–Kier alpha value is -2.68. The number of hydrogen-bond acceptors (Lipinski definition) is 2. The van der Waals surface area contributed by atoms with Crippen LogP contribution in [-0.4, -0.2) is 11.7 Å². The van der Waals surface area contributed by atoms with E-state index in [-0.39, 0.29) is 5.91 Å². The third kappa shape index (κ3) is 2.52. The first-order valence-electron chi connectivity index (χ1n) is 6.46. The van der Waals surface area contributed by atoms with Crippen molar-refractivity contribution in [3.8, 4) is 0 Å². The summed E-state index contributed by atoms with van der Waals surface area (Å²) in [6.45, 7) is 2.03. The van der Waals surface area contributed by atoms with Gasteiger partial charge in [-0.15, -0.1) is 0 Å². The van der Waals surface area contributed by atoms with Crippen molar-refractivity contribution in [1.82, 2.24) is 5.32 Å². The van der Waals surface area contributed by atoms with Crippen LogP contribution < -0.4 is 5.32 Å². The van der Waals surface area contributed by atoms with Gasteiger partial charge in [-0.3, -0.25) is 4.79 Å². The van der Waals surface area contributed by atoms with Crippen molar-refractivity contribution in [3.63, 3.8) is 0 Å². The number of rotatable bonds is 2. The molecule has 1 amide bonds. The molecule has 3 rings (SSSR count). The van der Waals surface area contributed by atoms with Crippen LogP contribution in [-0.2, 0) is 4.79 Å². The zero-order chi connectivity index (χ0) is 13.9. The van der Waals surface area contributed by atoms with Crippen molar-refractivity contribution >= 4 is 17.8 Å². The van der Waals surface area contributed by atoms with E-state index in [0.29, 0.717) is 11.5 Å². The number of amidine groups is 1. The standard InChI is InChI=1S/C17H14N2O/c1-12-7-9-13(10-8-12)11-15-17(20)19-16(18-15)14-5-3-2-4-6-14/h2-11H,1H3,(H,18,19,20). The fourth-order valence-electron chi connectivity index (χ4n) is 2.02. The molecule has 3 heteroatoms. The SMILES string of the molecule is Cc1ccc(C=C2N=C(c3ccccc3)NC2=O)cc1. The summed E-state index contributed by atoms with van der Waals surface area (Å²) in [5, 5.41) is 2.79. The molecule has 20 heavy (non-hydrogen) atoms. The molecule has 98 valence electrons. The van der Waals surface area contributed by atoms with Crippen molar-refractivity contribution in [2.75, 3.05) is 0 Å². The van der Waals surface area contributed by atoms with Gasteiger partial charge in [-0.05, 0) is 18.6 Å². The first-order valence-corrected chi connectivity index (χ1v) is 6.46. The molecule has 0 aromatic heterocycles. The molecule has 1 N–H and O–H groups in total. The molecule has 0 saturated heterocycles. The van der Waals surface area contributed by atoms with Gasteiger partial charge in [0, 0.05) is 5.56 Å². The van der Waals surface area contributed by atoms with Gasteiger partial charge in [-0.25, -0.2) is 4.99 Å². The van der Waals surface area contributed by atoms with Crippen molar-refractivity contribution in [1.29, 1.82) is 0 Å². The minimum atomic E-state index is -0.163. The minimum Gasteiger partial charge on any atom is -0.305 e. The minimum absolute atomic E-state index is 0.163. The van der Waals surface area contributed by atoms with E-state index in [1.165, 1.54) is 5.56 Å². The summed E-state index contributed by atoms with van der Waals surface area (Å²) in [5.74, 6) is 0.443. The number of benzene rings is 2. The molecule has 1 aliphatic rings. The number of hydrogen-bond donors (Lipinski definition) is 1. The second-order valence-electron chi connectivity index (χ2n) is 4.72. The first kappa shape index (κ1) is 12.4. The van der Waals surface area contributed by atoms with Gasteiger partial charge in [0.1, 0.15) is 11.5 Å². The summed E-state index contributed by atoms with van der Waals surface area (Å²) in [6.07, 6.45) is 1.80. The van der Waals surface area contributed by atoms with E-state index in [0.717, 1.165) is 11.1 Å². The predicted molar refractivity (Wildman–Crippen MR) is 80.3 cm³/mol. The molecule has 0 unspecified atom stereocenters. The van der Waals surface area contributed by atoms with Crippen molar-refractivity contribution in [3.05, 3.63) is 77.0 Å². The molecule has 0 aliphatic carbocycles. The quantitative estimate of drug-likeness (QED) is 0.831. The van der Waals surface area contributed by atoms with Crippen LogP contribution in [0.3, 0.4) is 0 Å². The second-order valence-corrected chi connectivity index (χ2v) is 4.72. The number of carbonyl (C=O) groups excluding carboxylic acids is 1. The van der Waals surface area contributed by atoms with E-state index in [9.17, 15) is 4.79 Å². The molecule has 0 atom stereocenters. The molecule has 0 spiro atoms. The Bertz CT molecular complexity index is 698. The Morgan fingerprint density at radius 2 is 1.70 bits per heavy atom. The fraction of sp³-hybridized carbons (Fsp3) is 0.0588. The number of amides is 1. The molecular formula is C17H14N2O. The largest absolute Gasteiger partial charge is 0.305 e. The van der Waals surface area contributed by atoms with E-state index in [4.69, 9.17) is 0 Å². The molecule has 3 nitrogen and oxygen atoms in total. The molecule has 0 fully saturated rings. The van der Waals surface area contributed by atoms with E-state index in [2.05, 4.69) is 10.3 Å². The Kier molecular flexibility index (Phi) is 3.17. The molecule has 0 saturated carbocycles. The fourth-order valence-corrected chi connectivity index (χ4v) is 2.02. The third-order valence-corrected chi connectivity index (χ3v) is 3.12. The maximum atomic E-state index is 11.9. The number of carbonyl (C=O) groups is 1. The molecule has 1 aliphatic heterocycles. The van der Waals surface area contributed by atoms with Crippen LogP contribution in [0.5, 0.6) is 0 Å². The highest BCUT2D eigenvalue weighted by molar-refractivity contribution is 6.19. The monoisotopic (exact) mass is 262 g/mol. The Morgan fingerprint density at radius 1 is 1.00 bits per heavy atom. The summed E-state index contributed by atoms with van der Waals surface area (Å²) in [5.41, 5.74) is 3.51. The maximum Gasteiger partial charge on any atom is 0.275 e. The van der Waals surface area contributed by atoms with Gasteiger partial charge in [0.25, 0.3) is 5.91 Å². The first-order chi connectivity index (χ1) is 9.72. The average molecular weight is 262 g/mol. The lowest BCUT2D eigenvalue weighted by Crippen LogP contribution is -2.24. The smallest absolute Gasteiger partial charge is 0.275 e. The van der Waals surface area contributed by atoms with Gasteiger partial charge in [0.2, 0.25) is 0 Å². The van der Waals surface area contributed by atoms with Gasteiger partial charge >= 0.3 is 0 Å². The molecule has 0 radical (unpaired) electrons. The summed E-state index contributed by atoms with van der Waals surface area (Å²) in [6, 6.07) is 17.6. The van der Waals surface area contributed by atoms with Gasteiger partial charge in [-0.1, -0.05) is 60.2 Å². The van der Waals surface area contributed by atoms with Crippen molar-refractivity contribution in [2.45, 2.75) is 6.92 Å². The summed E-state index contributed by atoms with van der Waals surface area (Å²) >= 11 is 0. The number of aliphatic imine (C=N–C) groups is 1. The predicted octanol–water partition coefficient (Wildman–Crippen LogP) is 2.91. The second kappa shape index (κ2) is 5.13. The zero-order valence-electron chi connectivity index (χ0n) is 11.1. The molecule has 1 heterocycles. The average Bonchev–Trinajstić information content (AvgIpc) is 2.84. The van der Waals surface area contributed by atoms with Gasteiger partial charge in [-0.2, -0.15) is 0 Å². The van der Waals surface area contributed by atoms with Crippen LogP contribution >= 0.6 is 0 Å². The van der Waals surface area contributed by atoms with E-state index >= 15 is 0 Å². The molecule has 2 aromatic carbocycles. The normalized spacial score (nSPS) is 16.1. The Labute approximate surface area is 117 Å². The summed E-state index contributed by atoms with van der Waals surface area (Å²) in [7, 11) is 0. The maximum absolute atomic E-state index is 11.9. The van der Waals surface area contributed by atoms with Crippen LogP contribution in [0.1, 0.15) is 16.7 Å². The van der Waals surface area contributed by atoms with Gasteiger partial charge in [0.15, 0.2) is 0 Å². The van der Waals surface area contributed by atoms with Crippen LogP contribution in [0.25, 0.3) is 6.08 Å². The van der Waals surface area contributed by atoms with E-state index in [1.807, 2.05) is 61.5 Å². The number of nitrogens with zero attached hydrogens (tertiary/aromatic N) is 1. The van der Waals surface area contributed by atoms with Gasteiger partial charge < -0.3 is 5.32 Å². The number of aryl methyl sites for hydroxylation is 1. The molecular weight excluding hydrogens is 248 g/mol. The highest BCUT2D eigenvalue weighted by Crippen LogP contribution is 2.15. The highest BCUT2D eigenvalue weighted by Gasteiger charge is 2.20. The highest BCUT2D eigenvalue weighted by atomic mass is 16.2. The Morgan fingerprint density at radius 3 is 2.40 bits per heavy atom. The summed E-state index contributed by atoms with van der Waals surface area (Å²) < 4.78 is 0. The van der Waals surface area contributed by atoms with E-state index < -0.39 is 0 Å².